The highest BCUT2D eigenvalue weighted by Crippen LogP contribution is 2.47. The Hall–Kier alpha value is -4.50. The maximum atomic E-state index is 13.8. The van der Waals surface area contributed by atoms with E-state index in [1.807, 2.05) is 24.3 Å². The number of hydrogen-bond donors (Lipinski definition) is 0. The van der Waals surface area contributed by atoms with Gasteiger partial charge in [0.2, 0.25) is 0 Å². The molecule has 1 aromatic heterocycles. The van der Waals surface area contributed by atoms with Gasteiger partial charge in [-0.2, -0.15) is 0 Å². The number of hydrogen-bond acceptors (Lipinski definition) is 2. The van der Waals surface area contributed by atoms with Crippen molar-refractivity contribution >= 4 is 38.7 Å². The van der Waals surface area contributed by atoms with Crippen LogP contribution in [0.4, 0.5) is 21.6 Å². The molecule has 0 aliphatic carbocycles. The van der Waals surface area contributed by atoms with Crippen LogP contribution in [-0.4, -0.2) is 4.98 Å². The maximum absolute atomic E-state index is 13.8. The Morgan fingerprint density at radius 2 is 1.06 bits per heavy atom. The lowest BCUT2D eigenvalue weighted by molar-refractivity contribution is 0.621. The molecule has 2 nitrogen and oxygen atoms in total. The van der Waals surface area contributed by atoms with Crippen molar-refractivity contribution in [2.45, 2.75) is 0 Å². The summed E-state index contributed by atoms with van der Waals surface area (Å²) >= 11 is 0. The standard InChI is InChI=1S/C31H21FN2/c32-23-19-20-29(33-21-23)34(24-13-5-2-6-14-24)31-27-17-9-7-15-25(27)30(22-11-3-1-4-12-22)26-16-8-10-18-28(26)31/h1-21H. The van der Waals surface area contributed by atoms with E-state index in [4.69, 9.17) is 0 Å². The average Bonchev–Trinajstić information content (AvgIpc) is 2.90. The van der Waals surface area contributed by atoms with Crippen LogP contribution >= 0.6 is 0 Å². The van der Waals surface area contributed by atoms with Gasteiger partial charge in [0.15, 0.2) is 0 Å². The van der Waals surface area contributed by atoms with Gasteiger partial charge in [0.1, 0.15) is 11.6 Å². The van der Waals surface area contributed by atoms with E-state index in [0.717, 1.165) is 32.9 Å². The molecule has 0 radical (unpaired) electrons. The molecule has 0 aliphatic heterocycles. The van der Waals surface area contributed by atoms with Gasteiger partial charge in [-0.3, -0.25) is 4.90 Å². The first-order chi connectivity index (χ1) is 16.8. The van der Waals surface area contributed by atoms with Crippen molar-refractivity contribution in [3.8, 4) is 11.1 Å². The van der Waals surface area contributed by atoms with Gasteiger partial charge in [-0.15, -0.1) is 0 Å². The molecule has 6 aromatic rings. The minimum Gasteiger partial charge on any atom is -0.294 e. The smallest absolute Gasteiger partial charge is 0.141 e. The van der Waals surface area contributed by atoms with Crippen LogP contribution in [0.15, 0.2) is 128 Å². The summed E-state index contributed by atoms with van der Waals surface area (Å²) in [5.74, 6) is 0.307. The lowest BCUT2D eigenvalue weighted by Crippen LogP contribution is -2.13. The lowest BCUT2D eigenvalue weighted by Gasteiger charge is -2.28. The Balaban J connectivity index is 1.77. The third-order valence-electron chi connectivity index (χ3n) is 6.14. The third kappa shape index (κ3) is 3.39. The monoisotopic (exact) mass is 440 g/mol. The Morgan fingerprint density at radius 1 is 0.529 bits per heavy atom. The van der Waals surface area contributed by atoms with Gasteiger partial charge in [-0.25, -0.2) is 9.37 Å². The van der Waals surface area contributed by atoms with Crippen molar-refractivity contribution in [2.24, 2.45) is 0 Å². The third-order valence-corrected chi connectivity index (χ3v) is 6.14. The van der Waals surface area contributed by atoms with Gasteiger partial charge in [-0.05, 0) is 46.2 Å². The lowest BCUT2D eigenvalue weighted by atomic mass is 9.90. The number of pyridine rings is 1. The van der Waals surface area contributed by atoms with Gasteiger partial charge in [0.25, 0.3) is 0 Å². The predicted molar refractivity (Wildman–Crippen MR) is 139 cm³/mol. The van der Waals surface area contributed by atoms with Crippen LogP contribution < -0.4 is 4.90 Å². The Labute approximate surface area is 197 Å². The molecule has 0 spiro atoms. The van der Waals surface area contributed by atoms with E-state index in [2.05, 4.69) is 94.8 Å². The van der Waals surface area contributed by atoms with Gasteiger partial charge in [0, 0.05) is 16.5 Å². The summed E-state index contributed by atoms with van der Waals surface area (Å²) in [6, 6.07) is 40.8. The zero-order chi connectivity index (χ0) is 22.9. The number of benzene rings is 5. The molecule has 5 aromatic carbocycles. The number of halogens is 1. The van der Waals surface area contributed by atoms with E-state index in [9.17, 15) is 4.39 Å². The first kappa shape index (κ1) is 20.1. The van der Waals surface area contributed by atoms with Crippen LogP contribution in [0.1, 0.15) is 0 Å². The molecule has 0 bridgehead atoms. The van der Waals surface area contributed by atoms with E-state index in [0.29, 0.717) is 5.82 Å². The van der Waals surface area contributed by atoms with Crippen LogP contribution in [0.2, 0.25) is 0 Å². The number of para-hydroxylation sites is 1. The Kier molecular flexibility index (Phi) is 5.00. The maximum Gasteiger partial charge on any atom is 0.141 e. The fraction of sp³-hybridized carbons (Fsp3) is 0. The molecule has 0 saturated carbocycles. The fourth-order valence-electron chi connectivity index (χ4n) is 4.72. The zero-order valence-corrected chi connectivity index (χ0v) is 18.4. The van der Waals surface area contributed by atoms with Crippen LogP contribution in [0, 0.1) is 5.82 Å². The molecule has 0 aliphatic rings. The van der Waals surface area contributed by atoms with E-state index in [1.54, 1.807) is 6.07 Å². The molecule has 6 rings (SSSR count). The molecule has 1 heterocycles. The Morgan fingerprint density at radius 3 is 1.62 bits per heavy atom. The normalized spacial score (nSPS) is 11.1. The highest BCUT2D eigenvalue weighted by Gasteiger charge is 2.22. The van der Waals surface area contributed by atoms with Gasteiger partial charge in [-0.1, -0.05) is 97.1 Å². The summed E-state index contributed by atoms with van der Waals surface area (Å²) in [5, 5.41) is 4.53. The summed E-state index contributed by atoms with van der Waals surface area (Å²) < 4.78 is 13.8. The molecule has 0 N–H and O–H groups in total. The second-order valence-corrected chi connectivity index (χ2v) is 8.19. The largest absolute Gasteiger partial charge is 0.294 e. The summed E-state index contributed by atoms with van der Waals surface area (Å²) in [5.41, 5.74) is 4.36. The van der Waals surface area contributed by atoms with E-state index in [1.165, 1.54) is 23.4 Å². The van der Waals surface area contributed by atoms with E-state index < -0.39 is 0 Å². The topological polar surface area (TPSA) is 16.1 Å². The molecule has 0 unspecified atom stereocenters. The number of rotatable bonds is 4. The number of aromatic nitrogens is 1. The van der Waals surface area contributed by atoms with Crippen LogP contribution in [0.5, 0.6) is 0 Å². The fourth-order valence-corrected chi connectivity index (χ4v) is 4.72. The van der Waals surface area contributed by atoms with Crippen molar-refractivity contribution in [1.29, 1.82) is 0 Å². The molecule has 162 valence electrons. The average molecular weight is 441 g/mol. The first-order valence-corrected chi connectivity index (χ1v) is 11.3. The molecule has 0 fully saturated rings. The van der Waals surface area contributed by atoms with Crippen molar-refractivity contribution in [3.05, 3.63) is 133 Å². The van der Waals surface area contributed by atoms with E-state index >= 15 is 0 Å². The highest BCUT2D eigenvalue weighted by atomic mass is 19.1. The Bertz CT molecular complexity index is 1540. The molecule has 34 heavy (non-hydrogen) atoms. The quantitative estimate of drug-likeness (QED) is 0.255. The second kappa shape index (κ2) is 8.45. The number of nitrogens with zero attached hydrogens (tertiary/aromatic N) is 2. The molecular formula is C31H21FN2. The van der Waals surface area contributed by atoms with Crippen molar-refractivity contribution < 1.29 is 4.39 Å². The molecule has 3 heteroatoms. The van der Waals surface area contributed by atoms with Gasteiger partial charge in [0.05, 0.1) is 11.9 Å². The number of fused-ring (bicyclic) bond motifs is 2. The van der Waals surface area contributed by atoms with Gasteiger partial charge < -0.3 is 0 Å². The van der Waals surface area contributed by atoms with E-state index in [-0.39, 0.29) is 5.82 Å². The summed E-state index contributed by atoms with van der Waals surface area (Å²) in [6.07, 6.45) is 1.27. The molecule has 0 atom stereocenters. The van der Waals surface area contributed by atoms with Crippen molar-refractivity contribution in [2.75, 3.05) is 4.90 Å². The summed E-state index contributed by atoms with van der Waals surface area (Å²) in [4.78, 5) is 6.60. The molecule has 0 amide bonds. The van der Waals surface area contributed by atoms with Crippen molar-refractivity contribution in [3.63, 3.8) is 0 Å². The summed E-state index contributed by atoms with van der Waals surface area (Å²) in [7, 11) is 0. The van der Waals surface area contributed by atoms with Gasteiger partial charge >= 0.3 is 0 Å². The summed E-state index contributed by atoms with van der Waals surface area (Å²) in [6.45, 7) is 0. The predicted octanol–water partition coefficient (Wildman–Crippen LogP) is 8.66. The van der Waals surface area contributed by atoms with Crippen LogP contribution in [0.25, 0.3) is 32.7 Å². The molecule has 0 saturated heterocycles. The molecular weight excluding hydrogens is 419 g/mol. The SMILES string of the molecule is Fc1ccc(N(c2ccccc2)c2c3ccccc3c(-c3ccccc3)c3ccccc23)nc1. The van der Waals surface area contributed by atoms with Crippen LogP contribution in [0.3, 0.4) is 0 Å². The zero-order valence-electron chi connectivity index (χ0n) is 18.4. The van der Waals surface area contributed by atoms with Crippen molar-refractivity contribution in [1.82, 2.24) is 4.98 Å². The van der Waals surface area contributed by atoms with Crippen LogP contribution in [-0.2, 0) is 0 Å². The second-order valence-electron chi connectivity index (χ2n) is 8.19. The highest BCUT2D eigenvalue weighted by molar-refractivity contribution is 6.22. The minimum atomic E-state index is -0.356. The minimum absolute atomic E-state index is 0.356. The first-order valence-electron chi connectivity index (χ1n) is 11.3. The number of anilines is 3.